The minimum Gasteiger partial charge on any atom is -0.393 e. The fraction of sp³-hybridized carbons (Fsp3) is 0.286. The van der Waals surface area contributed by atoms with Crippen LogP contribution in [0.5, 0.6) is 0 Å². The zero-order valence-corrected chi connectivity index (χ0v) is 9.30. The highest BCUT2D eigenvalue weighted by Crippen LogP contribution is 2.26. The maximum Gasteiger partial charge on any atom is 0.0820 e. The Morgan fingerprint density at radius 2 is 1.69 bits per heavy atom. The predicted molar refractivity (Wildman–Crippen MR) is 65.2 cm³/mol. The lowest BCUT2D eigenvalue weighted by molar-refractivity contribution is 0.0916. The summed E-state index contributed by atoms with van der Waals surface area (Å²) in [6, 6.07) is 13.8. The number of hydrogen-bond donors (Lipinski definition) is 2. The summed E-state index contributed by atoms with van der Waals surface area (Å²) in [5, 5.41) is 21.5. The molecule has 0 fully saturated rings. The van der Waals surface area contributed by atoms with Crippen molar-refractivity contribution in [2.45, 2.75) is 25.6 Å². The van der Waals surface area contributed by atoms with Gasteiger partial charge >= 0.3 is 0 Å². The smallest absolute Gasteiger partial charge is 0.0820 e. The Morgan fingerprint density at radius 3 is 2.44 bits per heavy atom. The molecule has 2 atom stereocenters. The van der Waals surface area contributed by atoms with Crippen LogP contribution in [0, 0.1) is 0 Å². The van der Waals surface area contributed by atoms with Gasteiger partial charge in [0.05, 0.1) is 12.2 Å². The van der Waals surface area contributed by atoms with Crippen molar-refractivity contribution in [2.75, 3.05) is 0 Å². The monoisotopic (exact) mass is 216 g/mol. The average molecular weight is 216 g/mol. The van der Waals surface area contributed by atoms with Gasteiger partial charge in [-0.3, -0.25) is 0 Å². The Balaban J connectivity index is 2.44. The molecule has 0 saturated heterocycles. The van der Waals surface area contributed by atoms with Crippen LogP contribution in [0.25, 0.3) is 10.8 Å². The molecule has 0 spiro atoms. The predicted octanol–water partition coefficient (Wildman–Crippen LogP) is 2.64. The van der Waals surface area contributed by atoms with Gasteiger partial charge in [0, 0.05) is 6.42 Å². The van der Waals surface area contributed by atoms with E-state index in [-0.39, 0.29) is 0 Å². The van der Waals surface area contributed by atoms with Gasteiger partial charge in [0.2, 0.25) is 0 Å². The standard InChI is InChI=1S/C14H16O2/c1-10(15)9-14(16)13-8-4-6-11-5-2-3-7-12(11)13/h2-8,10,14-16H,9H2,1H3/t10-,14-/m0/s1. The molecule has 0 unspecified atom stereocenters. The van der Waals surface area contributed by atoms with Crippen LogP contribution in [0.1, 0.15) is 25.0 Å². The van der Waals surface area contributed by atoms with Gasteiger partial charge in [0.25, 0.3) is 0 Å². The van der Waals surface area contributed by atoms with Crippen LogP contribution >= 0.6 is 0 Å². The lowest BCUT2D eigenvalue weighted by Crippen LogP contribution is -2.08. The molecule has 2 N–H and O–H groups in total. The van der Waals surface area contributed by atoms with Gasteiger partial charge < -0.3 is 10.2 Å². The van der Waals surface area contributed by atoms with Crippen LogP contribution in [0.2, 0.25) is 0 Å². The van der Waals surface area contributed by atoms with Crippen molar-refractivity contribution in [2.24, 2.45) is 0 Å². The number of aliphatic hydroxyl groups is 2. The quantitative estimate of drug-likeness (QED) is 0.828. The normalized spacial score (nSPS) is 14.9. The van der Waals surface area contributed by atoms with E-state index in [1.54, 1.807) is 6.92 Å². The summed E-state index contributed by atoms with van der Waals surface area (Å²) in [4.78, 5) is 0. The molecule has 2 nitrogen and oxygen atoms in total. The third-order valence-corrected chi connectivity index (χ3v) is 2.75. The van der Waals surface area contributed by atoms with E-state index in [2.05, 4.69) is 0 Å². The topological polar surface area (TPSA) is 40.5 Å². The van der Waals surface area contributed by atoms with Crippen molar-refractivity contribution in [1.29, 1.82) is 0 Å². The van der Waals surface area contributed by atoms with E-state index in [9.17, 15) is 10.2 Å². The van der Waals surface area contributed by atoms with Crippen LogP contribution in [-0.4, -0.2) is 16.3 Å². The van der Waals surface area contributed by atoms with Crippen LogP contribution in [0.3, 0.4) is 0 Å². The highest BCUT2D eigenvalue weighted by atomic mass is 16.3. The largest absolute Gasteiger partial charge is 0.393 e. The van der Waals surface area contributed by atoms with E-state index in [0.717, 1.165) is 16.3 Å². The lowest BCUT2D eigenvalue weighted by Gasteiger charge is -2.15. The molecule has 0 saturated carbocycles. The second kappa shape index (κ2) is 4.64. The van der Waals surface area contributed by atoms with E-state index >= 15 is 0 Å². The molecular formula is C14H16O2. The molecule has 2 aromatic rings. The molecule has 2 heteroatoms. The highest BCUT2D eigenvalue weighted by molar-refractivity contribution is 5.85. The summed E-state index contributed by atoms with van der Waals surface area (Å²) < 4.78 is 0. The van der Waals surface area contributed by atoms with Crippen molar-refractivity contribution in [3.8, 4) is 0 Å². The Morgan fingerprint density at radius 1 is 1.00 bits per heavy atom. The maximum atomic E-state index is 10.0. The van der Waals surface area contributed by atoms with E-state index in [1.165, 1.54) is 0 Å². The lowest BCUT2D eigenvalue weighted by atomic mass is 9.97. The van der Waals surface area contributed by atoms with E-state index in [0.29, 0.717) is 6.42 Å². The molecule has 0 aromatic heterocycles. The Labute approximate surface area is 95.2 Å². The Bertz CT molecular complexity index is 472. The highest BCUT2D eigenvalue weighted by Gasteiger charge is 2.12. The minimum atomic E-state index is -0.605. The van der Waals surface area contributed by atoms with Gasteiger partial charge in [-0.15, -0.1) is 0 Å². The van der Waals surface area contributed by atoms with Gasteiger partial charge in [-0.25, -0.2) is 0 Å². The molecule has 16 heavy (non-hydrogen) atoms. The molecule has 0 aliphatic carbocycles. The van der Waals surface area contributed by atoms with E-state index in [4.69, 9.17) is 0 Å². The van der Waals surface area contributed by atoms with Crippen molar-refractivity contribution in [1.82, 2.24) is 0 Å². The molecule has 0 aliphatic rings. The van der Waals surface area contributed by atoms with Crippen LogP contribution in [0.15, 0.2) is 42.5 Å². The molecule has 84 valence electrons. The van der Waals surface area contributed by atoms with Crippen LogP contribution < -0.4 is 0 Å². The minimum absolute atomic E-state index is 0.369. The maximum absolute atomic E-state index is 10.0. The van der Waals surface area contributed by atoms with Crippen molar-refractivity contribution < 1.29 is 10.2 Å². The van der Waals surface area contributed by atoms with Gasteiger partial charge in [-0.2, -0.15) is 0 Å². The summed E-state index contributed by atoms with van der Waals surface area (Å²) in [6.45, 7) is 1.69. The first-order chi connectivity index (χ1) is 7.68. The first-order valence-corrected chi connectivity index (χ1v) is 5.52. The van der Waals surface area contributed by atoms with Gasteiger partial charge in [0.1, 0.15) is 0 Å². The summed E-state index contributed by atoms with van der Waals surface area (Å²) in [7, 11) is 0. The van der Waals surface area contributed by atoms with Gasteiger partial charge in [0.15, 0.2) is 0 Å². The number of rotatable bonds is 3. The van der Waals surface area contributed by atoms with Crippen LogP contribution in [0.4, 0.5) is 0 Å². The SMILES string of the molecule is C[C@H](O)C[C@H](O)c1cccc2ccccc12. The number of fused-ring (bicyclic) bond motifs is 1. The van der Waals surface area contributed by atoms with E-state index in [1.807, 2.05) is 42.5 Å². The zero-order valence-electron chi connectivity index (χ0n) is 9.30. The molecule has 2 rings (SSSR count). The molecule has 0 bridgehead atoms. The molecular weight excluding hydrogens is 200 g/mol. The van der Waals surface area contributed by atoms with Crippen molar-refractivity contribution >= 4 is 10.8 Å². The fourth-order valence-electron chi connectivity index (χ4n) is 1.99. The Hall–Kier alpha value is -1.38. The fourth-order valence-corrected chi connectivity index (χ4v) is 1.99. The van der Waals surface area contributed by atoms with Gasteiger partial charge in [-0.1, -0.05) is 42.5 Å². The first-order valence-electron chi connectivity index (χ1n) is 5.52. The summed E-state index contributed by atoms with van der Waals surface area (Å²) in [6.07, 6.45) is -0.728. The molecule has 0 radical (unpaired) electrons. The molecule has 0 heterocycles. The summed E-state index contributed by atoms with van der Waals surface area (Å²) >= 11 is 0. The second-order valence-electron chi connectivity index (χ2n) is 4.17. The number of aliphatic hydroxyl groups excluding tert-OH is 2. The summed E-state index contributed by atoms with van der Waals surface area (Å²) in [5.41, 5.74) is 0.888. The molecule has 2 aromatic carbocycles. The average Bonchev–Trinajstić information content (AvgIpc) is 2.27. The Kier molecular flexibility index (Phi) is 3.22. The van der Waals surface area contributed by atoms with Crippen molar-refractivity contribution in [3.05, 3.63) is 48.0 Å². The first kappa shape index (κ1) is 11.1. The number of benzene rings is 2. The van der Waals surface area contributed by atoms with Gasteiger partial charge in [-0.05, 0) is 23.3 Å². The second-order valence-corrected chi connectivity index (χ2v) is 4.17. The third kappa shape index (κ3) is 2.23. The van der Waals surface area contributed by atoms with E-state index < -0.39 is 12.2 Å². The van der Waals surface area contributed by atoms with Crippen molar-refractivity contribution in [3.63, 3.8) is 0 Å². The molecule has 0 aliphatic heterocycles. The third-order valence-electron chi connectivity index (χ3n) is 2.75. The molecule has 0 amide bonds. The number of hydrogen-bond acceptors (Lipinski definition) is 2. The summed E-state index contributed by atoms with van der Waals surface area (Å²) in [5.74, 6) is 0. The zero-order chi connectivity index (χ0) is 11.5. The van der Waals surface area contributed by atoms with Crippen LogP contribution in [-0.2, 0) is 0 Å².